The van der Waals surface area contributed by atoms with Gasteiger partial charge < -0.3 is 15.6 Å². The van der Waals surface area contributed by atoms with E-state index in [9.17, 15) is 9.90 Å². The number of phenolic OH excluding ortho intramolecular Hbond substituents is 1. The van der Waals surface area contributed by atoms with Crippen molar-refractivity contribution >= 4 is 5.91 Å². The molecule has 0 bridgehead atoms. The molecule has 0 aliphatic carbocycles. The van der Waals surface area contributed by atoms with Gasteiger partial charge >= 0.3 is 0 Å². The minimum atomic E-state index is -0.588. The molecule has 1 aromatic carbocycles. The van der Waals surface area contributed by atoms with E-state index in [0.29, 0.717) is 11.3 Å². The third kappa shape index (κ3) is 3.37. The minimum Gasteiger partial charge on any atom is -0.504 e. The van der Waals surface area contributed by atoms with Gasteiger partial charge in [0.1, 0.15) is 6.04 Å². The Morgan fingerprint density at radius 1 is 1.56 bits per heavy atom. The summed E-state index contributed by atoms with van der Waals surface area (Å²) in [6.45, 7) is 4.00. The largest absolute Gasteiger partial charge is 0.504 e. The number of phenols is 1. The van der Waals surface area contributed by atoms with Gasteiger partial charge in [0, 0.05) is 6.04 Å². The van der Waals surface area contributed by atoms with Gasteiger partial charge in [-0.25, -0.2) is 0 Å². The van der Waals surface area contributed by atoms with E-state index >= 15 is 0 Å². The smallest absolute Gasteiger partial charge is 0.239 e. The Balaban J connectivity index is 3.02. The number of hydrogen-bond acceptors (Lipinski definition) is 4. The van der Waals surface area contributed by atoms with Crippen molar-refractivity contribution in [2.45, 2.75) is 32.4 Å². The second kappa shape index (κ2) is 6.26. The predicted molar refractivity (Wildman–Crippen MR) is 69.5 cm³/mol. The highest BCUT2D eigenvalue weighted by Crippen LogP contribution is 2.29. The number of methoxy groups -OCH3 is 1. The number of nitrogens with two attached hydrogens (primary N) is 1. The maximum atomic E-state index is 11.5. The molecule has 1 aromatic rings. The molecule has 0 aromatic heterocycles. The van der Waals surface area contributed by atoms with Crippen LogP contribution in [-0.4, -0.2) is 24.2 Å². The molecule has 2 atom stereocenters. The van der Waals surface area contributed by atoms with Crippen molar-refractivity contribution in [3.63, 3.8) is 0 Å². The Kier molecular flexibility index (Phi) is 4.97. The summed E-state index contributed by atoms with van der Waals surface area (Å²) in [5.41, 5.74) is 6.07. The van der Waals surface area contributed by atoms with E-state index in [2.05, 4.69) is 5.32 Å². The molecule has 1 amide bonds. The number of hydrogen-bond donors (Lipinski definition) is 3. The summed E-state index contributed by atoms with van der Waals surface area (Å²) in [6, 6.07) is 4.34. The molecule has 18 heavy (non-hydrogen) atoms. The third-order valence-corrected chi connectivity index (χ3v) is 2.89. The lowest BCUT2D eigenvalue weighted by Crippen LogP contribution is -2.38. The Morgan fingerprint density at radius 2 is 2.22 bits per heavy atom. The number of amides is 1. The number of benzene rings is 1. The standard InChI is InChI=1S/C13H20N2O3/c1-4-8(2)15-12(13(14)17)9-5-6-10(16)11(7-9)18-3/h5-8,12,15-16H,4H2,1-3H3,(H2,14,17). The maximum Gasteiger partial charge on any atom is 0.239 e. The summed E-state index contributed by atoms with van der Waals surface area (Å²) in [5, 5.41) is 12.7. The van der Waals surface area contributed by atoms with E-state index in [1.165, 1.54) is 13.2 Å². The third-order valence-electron chi connectivity index (χ3n) is 2.89. The van der Waals surface area contributed by atoms with Crippen molar-refractivity contribution in [3.05, 3.63) is 23.8 Å². The van der Waals surface area contributed by atoms with Crippen molar-refractivity contribution in [2.75, 3.05) is 7.11 Å². The summed E-state index contributed by atoms with van der Waals surface area (Å²) in [6.07, 6.45) is 0.888. The molecule has 4 N–H and O–H groups in total. The zero-order valence-corrected chi connectivity index (χ0v) is 10.9. The highest BCUT2D eigenvalue weighted by Gasteiger charge is 2.20. The van der Waals surface area contributed by atoms with Crippen molar-refractivity contribution < 1.29 is 14.6 Å². The normalized spacial score (nSPS) is 13.9. The Labute approximate surface area is 107 Å². The highest BCUT2D eigenvalue weighted by atomic mass is 16.5. The van der Waals surface area contributed by atoms with Crippen LogP contribution in [0, 0.1) is 0 Å². The van der Waals surface area contributed by atoms with E-state index in [4.69, 9.17) is 10.5 Å². The Hall–Kier alpha value is -1.75. The fourth-order valence-electron chi connectivity index (χ4n) is 1.62. The fraction of sp³-hybridized carbons (Fsp3) is 0.462. The van der Waals surface area contributed by atoms with Gasteiger partial charge in [-0.3, -0.25) is 10.1 Å². The molecule has 0 heterocycles. The molecular formula is C13H20N2O3. The molecule has 1 rings (SSSR count). The van der Waals surface area contributed by atoms with Crippen LogP contribution >= 0.6 is 0 Å². The molecule has 0 radical (unpaired) electrons. The van der Waals surface area contributed by atoms with Gasteiger partial charge in [0.15, 0.2) is 11.5 Å². The minimum absolute atomic E-state index is 0.0352. The summed E-state index contributed by atoms with van der Waals surface area (Å²) in [7, 11) is 1.46. The second-order valence-electron chi connectivity index (χ2n) is 4.24. The van der Waals surface area contributed by atoms with Crippen molar-refractivity contribution in [1.29, 1.82) is 0 Å². The van der Waals surface area contributed by atoms with Gasteiger partial charge in [-0.05, 0) is 31.0 Å². The van der Waals surface area contributed by atoms with Crippen molar-refractivity contribution in [3.8, 4) is 11.5 Å². The summed E-state index contributed by atoms with van der Waals surface area (Å²) in [4.78, 5) is 11.5. The number of primary amides is 1. The van der Waals surface area contributed by atoms with Crippen molar-refractivity contribution in [1.82, 2.24) is 5.32 Å². The summed E-state index contributed by atoms with van der Waals surface area (Å²) < 4.78 is 5.02. The van der Waals surface area contributed by atoms with E-state index in [1.807, 2.05) is 13.8 Å². The number of carbonyl (C=O) groups excluding carboxylic acids is 1. The second-order valence-corrected chi connectivity index (χ2v) is 4.24. The van der Waals surface area contributed by atoms with Crippen LogP contribution in [0.25, 0.3) is 0 Å². The first kappa shape index (κ1) is 14.3. The lowest BCUT2D eigenvalue weighted by molar-refractivity contribution is -0.120. The average molecular weight is 252 g/mol. The average Bonchev–Trinajstić information content (AvgIpc) is 2.36. The lowest BCUT2D eigenvalue weighted by atomic mass is 10.0. The Bertz CT molecular complexity index is 421. The SMILES string of the molecule is CCC(C)NC(C(N)=O)c1ccc(O)c(OC)c1. The summed E-state index contributed by atoms with van der Waals surface area (Å²) in [5.74, 6) is -0.0965. The van der Waals surface area contributed by atoms with Crippen LogP contribution in [0.5, 0.6) is 11.5 Å². The molecule has 0 fully saturated rings. The molecule has 5 heteroatoms. The number of aromatic hydroxyl groups is 1. The molecule has 0 aliphatic rings. The topological polar surface area (TPSA) is 84.6 Å². The number of carbonyl (C=O) groups is 1. The first-order valence-corrected chi connectivity index (χ1v) is 5.91. The molecule has 2 unspecified atom stereocenters. The van der Waals surface area contributed by atoms with Crippen LogP contribution in [0.3, 0.4) is 0 Å². The first-order valence-electron chi connectivity index (χ1n) is 5.91. The zero-order chi connectivity index (χ0) is 13.7. The van der Waals surface area contributed by atoms with Gasteiger partial charge in [-0.1, -0.05) is 13.0 Å². The van der Waals surface area contributed by atoms with Crippen LogP contribution in [0.4, 0.5) is 0 Å². The van der Waals surface area contributed by atoms with Crippen molar-refractivity contribution in [2.24, 2.45) is 5.73 Å². The van der Waals surface area contributed by atoms with Crippen LogP contribution in [0.1, 0.15) is 31.9 Å². The van der Waals surface area contributed by atoms with Gasteiger partial charge in [-0.2, -0.15) is 0 Å². The monoisotopic (exact) mass is 252 g/mol. The van der Waals surface area contributed by atoms with E-state index < -0.39 is 11.9 Å². The van der Waals surface area contributed by atoms with Crippen LogP contribution < -0.4 is 15.8 Å². The molecule has 5 nitrogen and oxygen atoms in total. The van der Waals surface area contributed by atoms with Crippen LogP contribution in [-0.2, 0) is 4.79 Å². The molecule has 0 saturated heterocycles. The molecule has 100 valence electrons. The van der Waals surface area contributed by atoms with E-state index in [1.54, 1.807) is 12.1 Å². The number of rotatable bonds is 6. The lowest BCUT2D eigenvalue weighted by Gasteiger charge is -2.20. The number of nitrogens with one attached hydrogen (secondary N) is 1. The summed E-state index contributed by atoms with van der Waals surface area (Å²) >= 11 is 0. The van der Waals surface area contributed by atoms with Gasteiger partial charge in [0.25, 0.3) is 0 Å². The first-order chi connectivity index (χ1) is 8.49. The predicted octanol–water partition coefficient (Wildman–Crippen LogP) is 1.32. The quantitative estimate of drug-likeness (QED) is 0.712. The van der Waals surface area contributed by atoms with Gasteiger partial charge in [-0.15, -0.1) is 0 Å². The van der Waals surface area contributed by atoms with E-state index in [-0.39, 0.29) is 11.8 Å². The van der Waals surface area contributed by atoms with Crippen LogP contribution in [0.2, 0.25) is 0 Å². The highest BCUT2D eigenvalue weighted by molar-refractivity contribution is 5.81. The van der Waals surface area contributed by atoms with Crippen LogP contribution in [0.15, 0.2) is 18.2 Å². The maximum absolute atomic E-state index is 11.5. The zero-order valence-electron chi connectivity index (χ0n) is 10.9. The fourth-order valence-corrected chi connectivity index (χ4v) is 1.62. The molecular weight excluding hydrogens is 232 g/mol. The van der Waals surface area contributed by atoms with Gasteiger partial charge in [0.2, 0.25) is 5.91 Å². The van der Waals surface area contributed by atoms with E-state index in [0.717, 1.165) is 6.42 Å². The van der Waals surface area contributed by atoms with Gasteiger partial charge in [0.05, 0.1) is 7.11 Å². The molecule has 0 aliphatic heterocycles. The number of ether oxygens (including phenoxy) is 1. The molecule has 0 saturated carbocycles. The Morgan fingerprint density at radius 3 is 2.72 bits per heavy atom. The molecule has 0 spiro atoms.